The van der Waals surface area contributed by atoms with Gasteiger partial charge in [0, 0.05) is 18.7 Å². The molecule has 1 heterocycles. The van der Waals surface area contributed by atoms with E-state index in [9.17, 15) is 9.59 Å². The van der Waals surface area contributed by atoms with Gasteiger partial charge in [-0.15, -0.1) is 12.4 Å². The molecule has 1 aliphatic heterocycles. The molecule has 0 aromatic heterocycles. The highest BCUT2D eigenvalue weighted by atomic mass is 35.5. The Morgan fingerprint density at radius 1 is 0.912 bits per heavy atom. The van der Waals surface area contributed by atoms with Crippen molar-refractivity contribution in [3.63, 3.8) is 0 Å². The highest BCUT2D eigenvalue weighted by Gasteiger charge is 2.28. The first kappa shape index (κ1) is 25.5. The van der Waals surface area contributed by atoms with Crippen LogP contribution in [0.1, 0.15) is 42.0 Å². The minimum atomic E-state index is -0.677. The van der Waals surface area contributed by atoms with Gasteiger partial charge < -0.3 is 16.0 Å². The first-order valence-electron chi connectivity index (χ1n) is 11.5. The molecule has 178 valence electrons. The third-order valence-corrected chi connectivity index (χ3v) is 6.16. The quantitative estimate of drug-likeness (QED) is 0.465. The molecule has 3 aromatic carbocycles. The maximum Gasteiger partial charge on any atom is 0.247 e. The third kappa shape index (κ3) is 6.46. The highest BCUT2D eigenvalue weighted by Crippen LogP contribution is 2.19. The van der Waals surface area contributed by atoms with Gasteiger partial charge in [0.25, 0.3) is 0 Å². The minimum absolute atomic E-state index is 0. The number of carbonyl (C=O) groups is 2. The molecule has 2 atom stereocenters. The standard InChI is InChI=1S/C28H31N3O2.ClH/c1-19(2)21-12-14-24(15-13-21)30-28(33)26(16-20-8-4-3-5-9-20)31-27(32)25-17-22-10-6-7-11-23(22)18-29-25;/h3-15,19,25-26,29H,16-18H2,1-2H3,(H,30,33)(H,31,32);1H/t25-,26-;/m0./s1. The van der Waals surface area contributed by atoms with Crippen LogP contribution in [0.15, 0.2) is 78.9 Å². The van der Waals surface area contributed by atoms with Crippen LogP contribution in [0.3, 0.4) is 0 Å². The summed E-state index contributed by atoms with van der Waals surface area (Å²) in [5.74, 6) is 0.0458. The molecule has 0 radical (unpaired) electrons. The highest BCUT2D eigenvalue weighted by molar-refractivity contribution is 5.98. The molecule has 3 N–H and O–H groups in total. The summed E-state index contributed by atoms with van der Waals surface area (Å²) in [5.41, 5.74) is 5.32. The van der Waals surface area contributed by atoms with Gasteiger partial charge in [-0.25, -0.2) is 0 Å². The lowest BCUT2D eigenvalue weighted by Gasteiger charge is -2.27. The van der Waals surface area contributed by atoms with Gasteiger partial charge in [-0.3, -0.25) is 9.59 Å². The molecule has 4 rings (SSSR count). The molecule has 5 nitrogen and oxygen atoms in total. The van der Waals surface area contributed by atoms with Gasteiger partial charge in [0.15, 0.2) is 0 Å². The van der Waals surface area contributed by atoms with Crippen LogP contribution in [-0.2, 0) is 29.0 Å². The SMILES string of the molecule is CC(C)c1ccc(NC(=O)[C@H](Cc2ccccc2)NC(=O)[C@@H]2Cc3ccccc3CN2)cc1.Cl. The minimum Gasteiger partial charge on any atom is -0.343 e. The van der Waals surface area contributed by atoms with Gasteiger partial charge in [-0.05, 0) is 46.7 Å². The zero-order valence-electron chi connectivity index (χ0n) is 19.6. The summed E-state index contributed by atoms with van der Waals surface area (Å²) < 4.78 is 0. The second-order valence-electron chi connectivity index (χ2n) is 8.92. The second-order valence-corrected chi connectivity index (χ2v) is 8.92. The molecular formula is C28H32ClN3O2. The summed E-state index contributed by atoms with van der Waals surface area (Å²) in [6.07, 6.45) is 1.03. The zero-order chi connectivity index (χ0) is 23.2. The number of fused-ring (bicyclic) bond motifs is 1. The number of amides is 2. The van der Waals surface area contributed by atoms with Crippen molar-refractivity contribution in [2.45, 2.75) is 51.2 Å². The van der Waals surface area contributed by atoms with Gasteiger partial charge >= 0.3 is 0 Å². The monoisotopic (exact) mass is 477 g/mol. The van der Waals surface area contributed by atoms with Crippen LogP contribution in [-0.4, -0.2) is 23.9 Å². The average molecular weight is 478 g/mol. The van der Waals surface area contributed by atoms with Crippen molar-refractivity contribution in [1.82, 2.24) is 10.6 Å². The van der Waals surface area contributed by atoms with E-state index >= 15 is 0 Å². The van der Waals surface area contributed by atoms with Crippen molar-refractivity contribution in [3.05, 3.63) is 101 Å². The van der Waals surface area contributed by atoms with Crippen LogP contribution in [0.5, 0.6) is 0 Å². The van der Waals surface area contributed by atoms with Crippen LogP contribution in [0.4, 0.5) is 5.69 Å². The van der Waals surface area contributed by atoms with E-state index in [0.717, 1.165) is 11.3 Å². The fourth-order valence-corrected chi connectivity index (χ4v) is 4.15. The van der Waals surface area contributed by atoms with Crippen LogP contribution < -0.4 is 16.0 Å². The molecule has 0 spiro atoms. The number of hydrogen-bond acceptors (Lipinski definition) is 3. The molecule has 2 amide bonds. The van der Waals surface area contributed by atoms with Gasteiger partial charge in [-0.1, -0.05) is 80.6 Å². The first-order valence-corrected chi connectivity index (χ1v) is 11.5. The number of hydrogen-bond donors (Lipinski definition) is 3. The molecule has 3 aromatic rings. The van der Waals surface area contributed by atoms with Crippen molar-refractivity contribution in [1.29, 1.82) is 0 Å². The van der Waals surface area contributed by atoms with Crippen molar-refractivity contribution in [3.8, 4) is 0 Å². The summed E-state index contributed by atoms with van der Waals surface area (Å²) in [4.78, 5) is 26.3. The van der Waals surface area contributed by atoms with Gasteiger partial charge in [-0.2, -0.15) is 0 Å². The third-order valence-electron chi connectivity index (χ3n) is 6.16. The molecule has 34 heavy (non-hydrogen) atoms. The predicted molar refractivity (Wildman–Crippen MR) is 139 cm³/mol. The topological polar surface area (TPSA) is 70.2 Å². The Hall–Kier alpha value is -3.15. The second kappa shape index (κ2) is 11.8. The lowest BCUT2D eigenvalue weighted by atomic mass is 9.95. The van der Waals surface area contributed by atoms with E-state index < -0.39 is 6.04 Å². The summed E-state index contributed by atoms with van der Waals surface area (Å²) >= 11 is 0. The van der Waals surface area contributed by atoms with Crippen molar-refractivity contribution >= 4 is 29.9 Å². The van der Waals surface area contributed by atoms with Crippen LogP contribution in [0.2, 0.25) is 0 Å². The van der Waals surface area contributed by atoms with Gasteiger partial charge in [0.05, 0.1) is 6.04 Å². The van der Waals surface area contributed by atoms with E-state index in [1.807, 2.05) is 66.7 Å². The summed E-state index contributed by atoms with van der Waals surface area (Å²) in [6, 6.07) is 24.7. The van der Waals surface area contributed by atoms with E-state index in [4.69, 9.17) is 0 Å². The van der Waals surface area contributed by atoms with Gasteiger partial charge in [0.1, 0.15) is 6.04 Å². The van der Waals surface area contributed by atoms with E-state index in [1.54, 1.807) is 0 Å². The Bertz CT molecular complexity index is 1100. The number of anilines is 1. The maximum atomic E-state index is 13.2. The predicted octanol–water partition coefficient (Wildman–Crippen LogP) is 4.61. The molecule has 0 aliphatic carbocycles. The average Bonchev–Trinajstić information content (AvgIpc) is 2.84. The normalized spacial score (nSPS) is 15.6. The van der Waals surface area contributed by atoms with E-state index in [0.29, 0.717) is 25.3 Å². The molecule has 0 saturated carbocycles. The Kier molecular flexibility index (Phi) is 8.85. The molecular weight excluding hydrogens is 446 g/mol. The first-order chi connectivity index (χ1) is 16.0. The number of carbonyl (C=O) groups excluding carboxylic acids is 2. The molecule has 0 saturated heterocycles. The van der Waals surface area contributed by atoms with Crippen molar-refractivity contribution in [2.75, 3.05) is 5.32 Å². The molecule has 0 bridgehead atoms. The van der Waals surface area contributed by atoms with Crippen molar-refractivity contribution in [2.24, 2.45) is 0 Å². The van der Waals surface area contributed by atoms with Crippen molar-refractivity contribution < 1.29 is 9.59 Å². The smallest absolute Gasteiger partial charge is 0.247 e. The summed E-state index contributed by atoms with van der Waals surface area (Å²) in [7, 11) is 0. The van der Waals surface area contributed by atoms with Gasteiger partial charge in [0.2, 0.25) is 11.8 Å². The molecule has 6 heteroatoms. The molecule has 1 aliphatic rings. The largest absolute Gasteiger partial charge is 0.343 e. The number of nitrogens with one attached hydrogen (secondary N) is 3. The fourth-order valence-electron chi connectivity index (χ4n) is 4.15. The number of halogens is 1. The Morgan fingerprint density at radius 2 is 1.56 bits per heavy atom. The lowest BCUT2D eigenvalue weighted by Crippen LogP contribution is -2.53. The molecule has 0 unspecified atom stereocenters. The van der Waals surface area contributed by atoms with Crippen LogP contribution in [0, 0.1) is 0 Å². The molecule has 0 fully saturated rings. The number of rotatable bonds is 7. The van der Waals surface area contributed by atoms with Crippen LogP contribution >= 0.6 is 12.4 Å². The Balaban J connectivity index is 0.00000324. The number of benzene rings is 3. The van der Waals surface area contributed by atoms with E-state index in [1.165, 1.54) is 16.7 Å². The fraction of sp³-hybridized carbons (Fsp3) is 0.286. The maximum absolute atomic E-state index is 13.2. The lowest BCUT2D eigenvalue weighted by molar-refractivity contribution is -0.128. The Labute approximate surface area is 207 Å². The summed E-state index contributed by atoms with van der Waals surface area (Å²) in [5, 5.41) is 9.29. The summed E-state index contributed by atoms with van der Waals surface area (Å²) in [6.45, 7) is 4.92. The van der Waals surface area contributed by atoms with E-state index in [2.05, 4.69) is 41.9 Å². The van der Waals surface area contributed by atoms with Crippen LogP contribution in [0.25, 0.3) is 0 Å². The Morgan fingerprint density at radius 3 is 2.24 bits per heavy atom. The van der Waals surface area contributed by atoms with E-state index in [-0.39, 0.29) is 30.3 Å². The zero-order valence-corrected chi connectivity index (χ0v) is 20.4.